The van der Waals surface area contributed by atoms with Gasteiger partial charge in [0.05, 0.1) is 30.3 Å². The second kappa shape index (κ2) is 7.00. The van der Waals surface area contributed by atoms with Crippen molar-refractivity contribution in [3.05, 3.63) is 33.9 Å². The molecule has 1 aromatic heterocycles. The van der Waals surface area contributed by atoms with Gasteiger partial charge in [0.25, 0.3) is 0 Å². The van der Waals surface area contributed by atoms with Gasteiger partial charge in [0, 0.05) is 24.2 Å². The third-order valence-electron chi connectivity index (χ3n) is 5.80. The molecule has 0 amide bonds. The van der Waals surface area contributed by atoms with E-state index >= 15 is 4.39 Å². The van der Waals surface area contributed by atoms with Crippen LogP contribution in [-0.4, -0.2) is 48.7 Å². The number of carboxylic acids is 1. The minimum atomic E-state index is -1.33. The molecular formula is C21H24FN3O5. The lowest BCUT2D eigenvalue weighted by Gasteiger charge is -2.25. The van der Waals surface area contributed by atoms with E-state index in [4.69, 9.17) is 9.57 Å². The Bertz CT molecular complexity index is 1130. The minimum absolute atomic E-state index is 0.00383. The van der Waals surface area contributed by atoms with Gasteiger partial charge in [0.1, 0.15) is 18.4 Å². The number of benzene rings is 1. The molecular weight excluding hydrogens is 393 g/mol. The molecule has 1 aromatic carbocycles. The molecule has 1 N–H and O–H groups in total. The van der Waals surface area contributed by atoms with Crippen molar-refractivity contribution in [2.75, 3.05) is 32.2 Å². The number of methoxy groups -OCH3 is 1. The minimum Gasteiger partial charge on any atom is -0.492 e. The maximum atomic E-state index is 15.4. The predicted octanol–water partition coefficient (Wildman–Crippen LogP) is 3.03. The molecule has 1 saturated carbocycles. The maximum absolute atomic E-state index is 15.4. The average Bonchev–Trinajstić information content (AvgIpc) is 3.47. The molecule has 0 unspecified atom stereocenters. The topological polar surface area (TPSA) is 93.4 Å². The first-order chi connectivity index (χ1) is 14.2. The van der Waals surface area contributed by atoms with Crippen LogP contribution in [0.15, 0.2) is 22.2 Å². The summed E-state index contributed by atoms with van der Waals surface area (Å²) in [5, 5.41) is 13.5. The van der Waals surface area contributed by atoms with Crippen molar-refractivity contribution in [2.24, 2.45) is 10.6 Å². The van der Waals surface area contributed by atoms with Crippen LogP contribution in [-0.2, 0) is 4.84 Å². The number of rotatable bonds is 5. The highest BCUT2D eigenvalue weighted by atomic mass is 19.1. The number of carboxylic acid groups (broad SMARTS) is 1. The Morgan fingerprint density at radius 1 is 1.33 bits per heavy atom. The molecule has 2 aliphatic rings. The summed E-state index contributed by atoms with van der Waals surface area (Å²) in [7, 11) is 2.90. The van der Waals surface area contributed by atoms with E-state index in [1.54, 1.807) is 4.57 Å². The van der Waals surface area contributed by atoms with Gasteiger partial charge < -0.3 is 24.1 Å². The quantitative estimate of drug-likeness (QED) is 0.752. The monoisotopic (exact) mass is 417 g/mol. The summed E-state index contributed by atoms with van der Waals surface area (Å²) in [6.07, 6.45) is 3.06. The Morgan fingerprint density at radius 3 is 2.60 bits per heavy atom. The van der Waals surface area contributed by atoms with Gasteiger partial charge in [0.15, 0.2) is 11.6 Å². The van der Waals surface area contributed by atoms with Gasteiger partial charge in [-0.25, -0.2) is 9.18 Å². The number of carbonyl (C=O) groups is 1. The van der Waals surface area contributed by atoms with Gasteiger partial charge in [-0.3, -0.25) is 4.79 Å². The number of halogens is 1. The molecule has 0 radical (unpaired) electrons. The van der Waals surface area contributed by atoms with Gasteiger partial charge in [-0.2, -0.15) is 0 Å². The number of anilines is 1. The van der Waals surface area contributed by atoms with Crippen molar-refractivity contribution < 1.29 is 23.9 Å². The van der Waals surface area contributed by atoms with Crippen LogP contribution in [0.5, 0.6) is 5.75 Å². The lowest BCUT2D eigenvalue weighted by molar-refractivity contribution is 0.0695. The number of aromatic nitrogens is 1. The number of aromatic carboxylic acids is 1. The van der Waals surface area contributed by atoms with E-state index in [-0.39, 0.29) is 33.8 Å². The normalized spacial score (nSPS) is 19.5. The third kappa shape index (κ3) is 3.09. The third-order valence-corrected chi connectivity index (χ3v) is 5.80. The predicted molar refractivity (Wildman–Crippen MR) is 110 cm³/mol. The van der Waals surface area contributed by atoms with E-state index < -0.39 is 17.2 Å². The molecule has 1 saturated heterocycles. The molecule has 9 heteroatoms. The average molecular weight is 417 g/mol. The van der Waals surface area contributed by atoms with E-state index in [9.17, 15) is 14.7 Å². The zero-order valence-electron chi connectivity index (χ0n) is 17.4. The Kier molecular flexibility index (Phi) is 4.71. The molecule has 160 valence electrons. The summed E-state index contributed by atoms with van der Waals surface area (Å²) in [6, 6.07) is 1.18. The van der Waals surface area contributed by atoms with Crippen molar-refractivity contribution in [2.45, 2.75) is 32.7 Å². The smallest absolute Gasteiger partial charge is 0.341 e. The first-order valence-corrected chi connectivity index (χ1v) is 9.73. The van der Waals surface area contributed by atoms with Crippen LogP contribution in [0.1, 0.15) is 43.1 Å². The van der Waals surface area contributed by atoms with Crippen molar-refractivity contribution in [3.63, 3.8) is 0 Å². The molecule has 8 nitrogen and oxygen atoms in total. The summed E-state index contributed by atoms with van der Waals surface area (Å²) in [5.74, 6) is -1.75. The molecule has 1 aliphatic heterocycles. The van der Waals surface area contributed by atoms with Crippen molar-refractivity contribution in [1.82, 2.24) is 4.57 Å². The fourth-order valence-electron chi connectivity index (χ4n) is 4.16. The number of hydrogen-bond acceptors (Lipinski definition) is 6. The number of ether oxygens (including phenoxy) is 1. The number of oxime groups is 1. The highest BCUT2D eigenvalue weighted by Crippen LogP contribution is 2.45. The second-order valence-corrected chi connectivity index (χ2v) is 8.41. The fourth-order valence-corrected chi connectivity index (χ4v) is 4.16. The molecule has 30 heavy (non-hydrogen) atoms. The molecule has 0 atom stereocenters. The Balaban J connectivity index is 1.99. The van der Waals surface area contributed by atoms with Crippen LogP contribution in [0.3, 0.4) is 0 Å². The van der Waals surface area contributed by atoms with Crippen molar-refractivity contribution in [1.29, 1.82) is 0 Å². The van der Waals surface area contributed by atoms with E-state index in [1.807, 2.05) is 18.7 Å². The lowest BCUT2D eigenvalue weighted by Crippen LogP contribution is -2.25. The van der Waals surface area contributed by atoms with Gasteiger partial charge >= 0.3 is 5.97 Å². The van der Waals surface area contributed by atoms with Gasteiger partial charge in [0.2, 0.25) is 5.43 Å². The lowest BCUT2D eigenvalue weighted by atomic mass is 9.91. The first kappa shape index (κ1) is 20.2. The van der Waals surface area contributed by atoms with Crippen LogP contribution < -0.4 is 15.1 Å². The molecule has 4 rings (SSSR count). The fraction of sp³-hybridized carbons (Fsp3) is 0.476. The highest BCUT2D eigenvalue weighted by molar-refractivity contribution is 6.00. The van der Waals surface area contributed by atoms with Gasteiger partial charge in [-0.05, 0) is 18.9 Å². The van der Waals surface area contributed by atoms with Crippen LogP contribution in [0.2, 0.25) is 0 Å². The second-order valence-electron chi connectivity index (χ2n) is 8.41. The van der Waals surface area contributed by atoms with Crippen LogP contribution >= 0.6 is 0 Å². The number of pyridine rings is 1. The number of hydrogen-bond donors (Lipinski definition) is 1. The van der Waals surface area contributed by atoms with Crippen molar-refractivity contribution in [3.8, 4) is 5.75 Å². The standard InChI is InChI=1S/C21H24FN3O5/c1-21(2)10-24(9-15(21)23-30-4)17-14(22)7-12-16(19(17)29-3)25(11-5-6-11)8-13(18(12)26)20(27)28/h7-8,11H,5-6,9-10H2,1-4H3,(H,27,28)/b23-15+. The number of nitrogens with zero attached hydrogens (tertiary/aromatic N) is 3. The van der Waals surface area contributed by atoms with Crippen LogP contribution in [0, 0.1) is 11.2 Å². The Morgan fingerprint density at radius 2 is 2.03 bits per heavy atom. The van der Waals surface area contributed by atoms with Crippen LogP contribution in [0.4, 0.5) is 10.1 Å². The molecule has 1 aliphatic carbocycles. The Labute approximate surface area is 172 Å². The molecule has 0 bridgehead atoms. The zero-order chi connectivity index (χ0) is 21.8. The summed E-state index contributed by atoms with van der Waals surface area (Å²) >= 11 is 0. The molecule has 2 heterocycles. The van der Waals surface area contributed by atoms with E-state index in [0.717, 1.165) is 24.6 Å². The first-order valence-electron chi connectivity index (χ1n) is 9.73. The molecule has 0 spiro atoms. The van der Waals surface area contributed by atoms with Gasteiger partial charge in [-0.15, -0.1) is 0 Å². The largest absolute Gasteiger partial charge is 0.492 e. The zero-order valence-corrected chi connectivity index (χ0v) is 17.4. The van der Waals surface area contributed by atoms with E-state index in [0.29, 0.717) is 18.6 Å². The van der Waals surface area contributed by atoms with Crippen LogP contribution in [0.25, 0.3) is 10.9 Å². The summed E-state index contributed by atoms with van der Waals surface area (Å²) < 4.78 is 22.7. The maximum Gasteiger partial charge on any atom is 0.341 e. The van der Waals surface area contributed by atoms with Crippen molar-refractivity contribution >= 4 is 28.3 Å². The SMILES string of the molecule is CO/N=C1\CN(c2c(F)cc3c(=O)c(C(=O)O)cn(C4CC4)c3c2OC)CC1(C)C. The Hall–Kier alpha value is -3.10. The number of fused-ring (bicyclic) bond motifs is 1. The summed E-state index contributed by atoms with van der Waals surface area (Å²) in [4.78, 5) is 31.1. The van der Waals surface area contributed by atoms with E-state index in [1.165, 1.54) is 20.4 Å². The molecule has 2 fully saturated rings. The highest BCUT2D eigenvalue weighted by Gasteiger charge is 2.40. The molecule has 2 aromatic rings. The van der Waals surface area contributed by atoms with Gasteiger partial charge in [-0.1, -0.05) is 19.0 Å². The van der Waals surface area contributed by atoms with E-state index in [2.05, 4.69) is 5.16 Å². The summed E-state index contributed by atoms with van der Waals surface area (Å²) in [6.45, 7) is 4.82. The summed E-state index contributed by atoms with van der Waals surface area (Å²) in [5.41, 5.74) is -0.0157.